The Hall–Kier alpha value is -1.09. The van der Waals surface area contributed by atoms with Crippen LogP contribution in [0.3, 0.4) is 0 Å². The van der Waals surface area contributed by atoms with Gasteiger partial charge >= 0.3 is 0 Å². The molecule has 0 fully saturated rings. The van der Waals surface area contributed by atoms with Crippen molar-refractivity contribution in [1.29, 1.82) is 0 Å². The quantitative estimate of drug-likeness (QED) is 0.747. The molecule has 1 aromatic carbocycles. The van der Waals surface area contributed by atoms with E-state index in [1.54, 1.807) is 11.3 Å². The molecule has 2 aromatic rings. The molecule has 1 heterocycles. The van der Waals surface area contributed by atoms with Crippen LogP contribution in [0.1, 0.15) is 22.9 Å². The van der Waals surface area contributed by atoms with Gasteiger partial charge in [0.15, 0.2) is 0 Å². The fourth-order valence-corrected chi connectivity index (χ4v) is 2.85. The standard InChI is InChI=1S/C15H16ClNS/c1-2-6-14(15-9-5-10-18-15)17-11-12-7-3-4-8-13(12)16/h2-5,7-10,14,17H,1,6,11H2. The number of rotatable bonds is 6. The van der Waals surface area contributed by atoms with Gasteiger partial charge in [0, 0.05) is 22.5 Å². The molecule has 94 valence electrons. The molecule has 0 saturated carbocycles. The number of hydrogen-bond acceptors (Lipinski definition) is 2. The summed E-state index contributed by atoms with van der Waals surface area (Å²) in [4.78, 5) is 1.34. The Morgan fingerprint density at radius 1 is 1.28 bits per heavy atom. The van der Waals surface area contributed by atoms with E-state index >= 15 is 0 Å². The largest absolute Gasteiger partial charge is 0.305 e. The van der Waals surface area contributed by atoms with Gasteiger partial charge in [0.1, 0.15) is 0 Å². The molecule has 2 rings (SSSR count). The molecular weight excluding hydrogens is 262 g/mol. The van der Waals surface area contributed by atoms with Crippen LogP contribution in [0.2, 0.25) is 5.02 Å². The molecule has 1 aromatic heterocycles. The second-order valence-electron chi connectivity index (χ2n) is 4.06. The van der Waals surface area contributed by atoms with Crippen LogP contribution in [-0.2, 0) is 6.54 Å². The van der Waals surface area contributed by atoms with E-state index in [-0.39, 0.29) is 0 Å². The molecule has 1 nitrogen and oxygen atoms in total. The number of benzene rings is 1. The highest BCUT2D eigenvalue weighted by atomic mass is 35.5. The van der Waals surface area contributed by atoms with Crippen molar-refractivity contribution in [3.8, 4) is 0 Å². The van der Waals surface area contributed by atoms with Crippen LogP contribution in [0.4, 0.5) is 0 Å². The van der Waals surface area contributed by atoms with E-state index in [9.17, 15) is 0 Å². The van der Waals surface area contributed by atoms with Gasteiger partial charge in [0.2, 0.25) is 0 Å². The first-order valence-electron chi connectivity index (χ1n) is 5.92. The SMILES string of the molecule is C=CCC(NCc1ccccc1Cl)c1cccs1. The normalized spacial score (nSPS) is 12.3. The Balaban J connectivity index is 2.02. The molecule has 1 atom stereocenters. The van der Waals surface area contributed by atoms with Gasteiger partial charge in [-0.2, -0.15) is 0 Å². The molecule has 1 unspecified atom stereocenters. The van der Waals surface area contributed by atoms with E-state index in [4.69, 9.17) is 11.6 Å². The van der Waals surface area contributed by atoms with Crippen LogP contribution in [0, 0.1) is 0 Å². The first-order chi connectivity index (χ1) is 8.81. The van der Waals surface area contributed by atoms with Crippen molar-refractivity contribution in [2.24, 2.45) is 0 Å². The fourth-order valence-electron chi connectivity index (χ4n) is 1.83. The molecular formula is C15H16ClNS. The molecule has 0 amide bonds. The zero-order valence-corrected chi connectivity index (χ0v) is 11.7. The van der Waals surface area contributed by atoms with Crippen molar-refractivity contribution in [2.75, 3.05) is 0 Å². The lowest BCUT2D eigenvalue weighted by Gasteiger charge is -2.16. The average Bonchev–Trinajstić information content (AvgIpc) is 2.90. The van der Waals surface area contributed by atoms with Crippen LogP contribution in [0.5, 0.6) is 0 Å². The summed E-state index contributed by atoms with van der Waals surface area (Å²) in [7, 11) is 0. The summed E-state index contributed by atoms with van der Waals surface area (Å²) in [5.41, 5.74) is 1.13. The molecule has 0 aliphatic carbocycles. The zero-order chi connectivity index (χ0) is 12.8. The molecule has 18 heavy (non-hydrogen) atoms. The van der Waals surface area contributed by atoms with Gasteiger partial charge in [-0.05, 0) is 29.5 Å². The molecule has 0 radical (unpaired) electrons. The van der Waals surface area contributed by atoms with Crippen molar-refractivity contribution in [2.45, 2.75) is 19.0 Å². The summed E-state index contributed by atoms with van der Waals surface area (Å²) >= 11 is 7.92. The predicted octanol–water partition coefficient (Wildman–Crippen LogP) is 4.81. The lowest BCUT2D eigenvalue weighted by molar-refractivity contribution is 0.547. The van der Waals surface area contributed by atoms with Gasteiger partial charge in [-0.3, -0.25) is 0 Å². The summed E-state index contributed by atoms with van der Waals surface area (Å²) in [6.07, 6.45) is 2.87. The number of nitrogens with one attached hydrogen (secondary N) is 1. The Bertz CT molecular complexity index is 493. The van der Waals surface area contributed by atoms with Crippen molar-refractivity contribution in [3.05, 3.63) is 69.9 Å². The molecule has 1 N–H and O–H groups in total. The predicted molar refractivity (Wildman–Crippen MR) is 80.2 cm³/mol. The second-order valence-corrected chi connectivity index (χ2v) is 5.45. The minimum absolute atomic E-state index is 0.318. The molecule has 0 saturated heterocycles. The van der Waals surface area contributed by atoms with E-state index in [0.29, 0.717) is 6.04 Å². The van der Waals surface area contributed by atoms with Crippen molar-refractivity contribution in [1.82, 2.24) is 5.32 Å². The third-order valence-electron chi connectivity index (χ3n) is 2.79. The van der Waals surface area contributed by atoms with Gasteiger partial charge in [0.25, 0.3) is 0 Å². The van der Waals surface area contributed by atoms with Gasteiger partial charge in [0.05, 0.1) is 0 Å². The van der Waals surface area contributed by atoms with E-state index in [1.807, 2.05) is 24.3 Å². The van der Waals surface area contributed by atoms with Crippen LogP contribution in [-0.4, -0.2) is 0 Å². The lowest BCUT2D eigenvalue weighted by Crippen LogP contribution is -2.19. The molecule has 0 aliphatic rings. The van der Waals surface area contributed by atoms with Crippen LogP contribution in [0.25, 0.3) is 0 Å². The Morgan fingerprint density at radius 3 is 2.78 bits per heavy atom. The van der Waals surface area contributed by atoms with Crippen LogP contribution < -0.4 is 5.32 Å². The highest BCUT2D eigenvalue weighted by Crippen LogP contribution is 2.23. The number of halogens is 1. The van der Waals surface area contributed by atoms with Gasteiger partial charge in [-0.1, -0.05) is 41.9 Å². The van der Waals surface area contributed by atoms with Crippen molar-refractivity contribution in [3.63, 3.8) is 0 Å². The monoisotopic (exact) mass is 277 g/mol. The first kappa shape index (κ1) is 13.3. The third-order valence-corrected chi connectivity index (χ3v) is 4.14. The Morgan fingerprint density at radius 2 is 2.11 bits per heavy atom. The summed E-state index contributed by atoms with van der Waals surface area (Å²) in [5.74, 6) is 0. The average molecular weight is 278 g/mol. The summed E-state index contributed by atoms with van der Waals surface area (Å²) in [5, 5.41) is 6.45. The third kappa shape index (κ3) is 3.45. The van der Waals surface area contributed by atoms with Crippen LogP contribution in [0.15, 0.2) is 54.4 Å². The van der Waals surface area contributed by atoms with E-state index in [0.717, 1.165) is 23.6 Å². The lowest BCUT2D eigenvalue weighted by atomic mass is 10.1. The maximum atomic E-state index is 6.15. The van der Waals surface area contributed by atoms with Crippen molar-refractivity contribution < 1.29 is 0 Å². The number of hydrogen-bond donors (Lipinski definition) is 1. The summed E-state index contributed by atoms with van der Waals surface area (Å²) < 4.78 is 0. The molecule has 0 spiro atoms. The molecule has 0 aliphatic heterocycles. The maximum absolute atomic E-state index is 6.15. The van der Waals surface area contributed by atoms with E-state index < -0.39 is 0 Å². The molecule has 0 bridgehead atoms. The Labute approximate surface area is 117 Å². The summed E-state index contributed by atoms with van der Waals surface area (Å²) in [6.45, 7) is 4.60. The smallest absolute Gasteiger partial charge is 0.0452 e. The van der Waals surface area contributed by atoms with E-state index in [2.05, 4.69) is 35.5 Å². The zero-order valence-electron chi connectivity index (χ0n) is 10.1. The van der Waals surface area contributed by atoms with Gasteiger partial charge in [-0.15, -0.1) is 17.9 Å². The minimum Gasteiger partial charge on any atom is -0.305 e. The topological polar surface area (TPSA) is 12.0 Å². The number of thiophene rings is 1. The van der Waals surface area contributed by atoms with E-state index in [1.165, 1.54) is 4.88 Å². The van der Waals surface area contributed by atoms with Crippen LogP contribution >= 0.6 is 22.9 Å². The van der Waals surface area contributed by atoms with Gasteiger partial charge in [-0.25, -0.2) is 0 Å². The first-order valence-corrected chi connectivity index (χ1v) is 7.18. The van der Waals surface area contributed by atoms with Gasteiger partial charge < -0.3 is 5.32 Å². The summed E-state index contributed by atoms with van der Waals surface area (Å²) in [6, 6.07) is 12.5. The highest BCUT2D eigenvalue weighted by molar-refractivity contribution is 7.10. The minimum atomic E-state index is 0.318. The highest BCUT2D eigenvalue weighted by Gasteiger charge is 2.10. The fraction of sp³-hybridized carbons (Fsp3) is 0.200. The maximum Gasteiger partial charge on any atom is 0.0452 e. The second kappa shape index (κ2) is 6.74. The molecule has 3 heteroatoms. The Kier molecular flexibility index (Phi) is 5.00. The van der Waals surface area contributed by atoms with Crippen molar-refractivity contribution >= 4 is 22.9 Å².